The van der Waals surface area contributed by atoms with Crippen molar-refractivity contribution >= 4 is 28.7 Å². The summed E-state index contributed by atoms with van der Waals surface area (Å²) in [6.07, 6.45) is -0.354. The van der Waals surface area contributed by atoms with Gasteiger partial charge in [-0.05, 0) is 12.1 Å². The molecule has 0 spiro atoms. The lowest BCUT2D eigenvalue weighted by atomic mass is 10.1. The van der Waals surface area contributed by atoms with Crippen LogP contribution in [0.2, 0.25) is 0 Å². The predicted octanol–water partition coefficient (Wildman–Crippen LogP) is -0.0521. The van der Waals surface area contributed by atoms with Crippen molar-refractivity contribution in [2.45, 2.75) is 12.8 Å². The third-order valence-corrected chi connectivity index (χ3v) is 3.22. The van der Waals surface area contributed by atoms with E-state index in [1.807, 2.05) is 5.43 Å². The summed E-state index contributed by atoms with van der Waals surface area (Å²) in [5.41, 5.74) is 3.12. The number of pyridine rings is 1. The lowest BCUT2D eigenvalue weighted by Gasteiger charge is -2.09. The fraction of sp³-hybridized carbons (Fsp3) is 0.200. The quantitative estimate of drug-likeness (QED) is 0.457. The minimum atomic E-state index is -0.981. The number of esters is 1. The molecule has 1 aromatic heterocycles. The van der Waals surface area contributed by atoms with Gasteiger partial charge in [-0.25, -0.2) is 0 Å². The average molecular weight is 333 g/mol. The van der Waals surface area contributed by atoms with E-state index < -0.39 is 34.7 Å². The molecular weight excluding hydrogens is 318 g/mol. The molecule has 4 N–H and O–H groups in total. The number of methoxy groups -OCH3 is 1. The number of benzene rings is 1. The number of amides is 2. The molecule has 1 aromatic carbocycles. The van der Waals surface area contributed by atoms with Crippen LogP contribution in [0, 0.1) is 0 Å². The van der Waals surface area contributed by atoms with Gasteiger partial charge in [0.15, 0.2) is 0 Å². The highest BCUT2D eigenvalue weighted by Gasteiger charge is 2.19. The van der Waals surface area contributed by atoms with Crippen molar-refractivity contribution in [3.8, 4) is 5.75 Å². The van der Waals surface area contributed by atoms with Gasteiger partial charge in [0.1, 0.15) is 11.3 Å². The van der Waals surface area contributed by atoms with Crippen molar-refractivity contribution < 1.29 is 24.2 Å². The molecule has 0 fully saturated rings. The van der Waals surface area contributed by atoms with Crippen LogP contribution in [0.1, 0.15) is 23.2 Å². The lowest BCUT2D eigenvalue weighted by molar-refractivity contribution is -0.142. The van der Waals surface area contributed by atoms with Crippen molar-refractivity contribution in [3.05, 3.63) is 40.2 Å². The maximum atomic E-state index is 12.0. The maximum absolute atomic E-state index is 12.0. The minimum Gasteiger partial charge on any atom is -0.506 e. The van der Waals surface area contributed by atoms with E-state index in [4.69, 9.17) is 0 Å². The Balaban J connectivity index is 2.10. The number of carbonyl (C=O) groups is 3. The molecule has 0 aliphatic carbocycles. The number of carbonyl (C=O) groups excluding carboxylic acids is 3. The van der Waals surface area contributed by atoms with Gasteiger partial charge >= 0.3 is 5.97 Å². The highest BCUT2D eigenvalue weighted by molar-refractivity contribution is 6.02. The lowest BCUT2D eigenvalue weighted by Crippen LogP contribution is -2.43. The fourth-order valence-electron chi connectivity index (χ4n) is 2.01. The van der Waals surface area contributed by atoms with Gasteiger partial charge in [-0.2, -0.15) is 0 Å². The Morgan fingerprint density at radius 2 is 1.88 bits per heavy atom. The van der Waals surface area contributed by atoms with Gasteiger partial charge in [-0.15, -0.1) is 0 Å². The molecule has 2 rings (SSSR count). The van der Waals surface area contributed by atoms with Crippen LogP contribution in [0.25, 0.3) is 10.9 Å². The van der Waals surface area contributed by atoms with E-state index in [2.05, 4.69) is 15.1 Å². The topological polar surface area (TPSA) is 138 Å². The molecule has 0 saturated heterocycles. The molecule has 2 aromatic rings. The molecule has 0 saturated carbocycles. The summed E-state index contributed by atoms with van der Waals surface area (Å²) in [4.78, 5) is 48.9. The second kappa shape index (κ2) is 7.27. The van der Waals surface area contributed by atoms with E-state index in [9.17, 15) is 24.3 Å². The molecule has 0 radical (unpaired) electrons. The van der Waals surface area contributed by atoms with E-state index >= 15 is 0 Å². The Morgan fingerprint density at radius 3 is 2.58 bits per heavy atom. The minimum absolute atomic E-state index is 0.153. The summed E-state index contributed by atoms with van der Waals surface area (Å²) in [7, 11) is 1.19. The molecule has 1 heterocycles. The fourth-order valence-corrected chi connectivity index (χ4v) is 2.01. The first-order valence-corrected chi connectivity index (χ1v) is 6.94. The number of hydrogen-bond donors (Lipinski definition) is 4. The molecule has 9 heteroatoms. The molecule has 24 heavy (non-hydrogen) atoms. The van der Waals surface area contributed by atoms with Crippen LogP contribution in [0.3, 0.4) is 0 Å². The highest BCUT2D eigenvalue weighted by atomic mass is 16.5. The van der Waals surface area contributed by atoms with Gasteiger partial charge in [0, 0.05) is 11.8 Å². The third kappa shape index (κ3) is 3.69. The number of para-hydroxylation sites is 1. The number of ether oxygens (including phenoxy) is 1. The monoisotopic (exact) mass is 333 g/mol. The number of hydrogen-bond acceptors (Lipinski definition) is 6. The number of aromatic hydroxyl groups is 1. The van der Waals surface area contributed by atoms with E-state index in [1.165, 1.54) is 13.2 Å². The van der Waals surface area contributed by atoms with Gasteiger partial charge in [-0.1, -0.05) is 12.1 Å². The number of aromatic amines is 1. The predicted molar refractivity (Wildman–Crippen MR) is 83.1 cm³/mol. The molecule has 0 aliphatic rings. The zero-order chi connectivity index (χ0) is 17.7. The summed E-state index contributed by atoms with van der Waals surface area (Å²) in [5, 5.41) is 10.4. The van der Waals surface area contributed by atoms with Gasteiger partial charge in [-0.3, -0.25) is 30.0 Å². The molecule has 9 nitrogen and oxygen atoms in total. The molecule has 0 atom stereocenters. The summed E-state index contributed by atoms with van der Waals surface area (Å²) < 4.78 is 4.38. The van der Waals surface area contributed by atoms with Crippen LogP contribution in [-0.2, 0) is 14.3 Å². The maximum Gasteiger partial charge on any atom is 0.306 e. The van der Waals surface area contributed by atoms with E-state index in [-0.39, 0.29) is 12.8 Å². The second-order valence-corrected chi connectivity index (χ2v) is 4.80. The summed E-state index contributed by atoms with van der Waals surface area (Å²) in [6.45, 7) is 0. The Hall–Kier alpha value is -3.36. The summed E-state index contributed by atoms with van der Waals surface area (Å²) in [6, 6.07) is 6.41. The van der Waals surface area contributed by atoms with Crippen LogP contribution in [-0.4, -0.2) is 35.0 Å². The smallest absolute Gasteiger partial charge is 0.306 e. The van der Waals surface area contributed by atoms with Gasteiger partial charge < -0.3 is 14.8 Å². The first-order chi connectivity index (χ1) is 11.4. The average Bonchev–Trinajstić information content (AvgIpc) is 2.57. The third-order valence-electron chi connectivity index (χ3n) is 3.22. The van der Waals surface area contributed by atoms with Gasteiger partial charge in [0.2, 0.25) is 5.91 Å². The molecule has 0 bridgehead atoms. The SMILES string of the molecule is COC(=O)CCC(=O)NNC(=O)c1c(O)c2ccccc2[nH]c1=O. The highest BCUT2D eigenvalue weighted by Crippen LogP contribution is 2.24. The van der Waals surface area contributed by atoms with Gasteiger partial charge in [0.25, 0.3) is 11.5 Å². The van der Waals surface area contributed by atoms with Crippen molar-refractivity contribution in [2.24, 2.45) is 0 Å². The van der Waals surface area contributed by atoms with E-state index in [0.29, 0.717) is 10.9 Å². The summed E-state index contributed by atoms with van der Waals surface area (Å²) in [5.74, 6) is -2.69. The van der Waals surface area contributed by atoms with Crippen LogP contribution in [0.5, 0.6) is 5.75 Å². The second-order valence-electron chi connectivity index (χ2n) is 4.80. The molecule has 0 unspecified atom stereocenters. The van der Waals surface area contributed by atoms with E-state index in [1.54, 1.807) is 18.2 Å². The van der Waals surface area contributed by atoms with Crippen molar-refractivity contribution in [1.82, 2.24) is 15.8 Å². The standard InChI is InChI=1S/C15H15N3O6/c1-24-11(20)7-6-10(19)17-18-15(23)12-13(21)8-4-2-3-5-9(8)16-14(12)22/h2-5H,6-7H2,1H3,(H,17,19)(H,18,23)(H2,16,21,22). The van der Waals surface area contributed by atoms with Crippen molar-refractivity contribution in [3.63, 3.8) is 0 Å². The molecule has 126 valence electrons. The van der Waals surface area contributed by atoms with Crippen molar-refractivity contribution in [1.29, 1.82) is 0 Å². The Kier molecular flexibility index (Phi) is 5.15. The Morgan fingerprint density at radius 1 is 1.17 bits per heavy atom. The number of fused-ring (bicyclic) bond motifs is 1. The number of nitrogens with one attached hydrogen (secondary N) is 3. The normalized spacial score (nSPS) is 10.2. The zero-order valence-corrected chi connectivity index (χ0v) is 12.7. The number of H-pyrrole nitrogens is 1. The zero-order valence-electron chi connectivity index (χ0n) is 12.7. The van der Waals surface area contributed by atoms with Crippen LogP contribution in [0.4, 0.5) is 0 Å². The number of hydrazine groups is 1. The largest absolute Gasteiger partial charge is 0.506 e. The van der Waals surface area contributed by atoms with Crippen molar-refractivity contribution in [2.75, 3.05) is 7.11 Å². The Bertz CT molecular complexity index is 858. The summed E-state index contributed by atoms with van der Waals surface area (Å²) >= 11 is 0. The first-order valence-electron chi connectivity index (χ1n) is 6.94. The van der Waals surface area contributed by atoms with Crippen LogP contribution in [0.15, 0.2) is 29.1 Å². The molecular formula is C15H15N3O6. The van der Waals surface area contributed by atoms with E-state index in [0.717, 1.165) is 0 Å². The number of rotatable bonds is 4. The Labute approximate surface area is 135 Å². The van der Waals surface area contributed by atoms with Gasteiger partial charge in [0.05, 0.1) is 19.0 Å². The van der Waals surface area contributed by atoms with Crippen LogP contribution < -0.4 is 16.4 Å². The van der Waals surface area contributed by atoms with Crippen LogP contribution >= 0.6 is 0 Å². The first kappa shape index (κ1) is 17.0. The molecule has 2 amide bonds. The molecule has 0 aliphatic heterocycles. The number of aromatic nitrogens is 1.